The molecule has 4 atom stereocenters. The van der Waals surface area contributed by atoms with E-state index in [2.05, 4.69) is 33.9 Å². The lowest BCUT2D eigenvalue weighted by Gasteiger charge is -2.38. The van der Waals surface area contributed by atoms with Gasteiger partial charge < -0.3 is 9.22 Å². The molecular formula is C14H27NO3Si. The van der Waals surface area contributed by atoms with Gasteiger partial charge in [0.1, 0.15) is 6.29 Å². The molecule has 0 unspecified atom stereocenters. The zero-order chi connectivity index (χ0) is 14.4. The number of rotatable bonds is 3. The van der Waals surface area contributed by atoms with E-state index < -0.39 is 8.32 Å². The molecule has 5 heteroatoms. The van der Waals surface area contributed by atoms with Crippen LogP contribution in [0, 0.1) is 5.92 Å². The van der Waals surface area contributed by atoms with Crippen molar-refractivity contribution in [3.05, 3.63) is 0 Å². The maximum atomic E-state index is 11.2. The summed E-state index contributed by atoms with van der Waals surface area (Å²) in [7, 11) is -1.74. The molecular weight excluding hydrogens is 258 g/mol. The molecule has 0 amide bonds. The highest BCUT2D eigenvalue weighted by Crippen LogP contribution is 2.41. The van der Waals surface area contributed by atoms with Crippen molar-refractivity contribution >= 4 is 14.6 Å². The van der Waals surface area contributed by atoms with E-state index in [1.807, 2.05) is 12.0 Å². The van der Waals surface area contributed by atoms with Crippen LogP contribution in [-0.4, -0.2) is 44.5 Å². The van der Waals surface area contributed by atoms with Gasteiger partial charge in [0.2, 0.25) is 0 Å². The minimum atomic E-state index is -1.74. The van der Waals surface area contributed by atoms with Crippen LogP contribution in [0.5, 0.6) is 0 Å². The topological polar surface area (TPSA) is 38.8 Å². The summed E-state index contributed by atoms with van der Waals surface area (Å²) in [5.74, 6) is -0.00647. The maximum absolute atomic E-state index is 11.2. The number of hydrogen-bond donors (Lipinski definition) is 0. The van der Waals surface area contributed by atoms with E-state index in [1.54, 1.807) is 0 Å². The van der Waals surface area contributed by atoms with Crippen molar-refractivity contribution in [3.8, 4) is 0 Å². The summed E-state index contributed by atoms with van der Waals surface area (Å²) >= 11 is 0. The van der Waals surface area contributed by atoms with Crippen molar-refractivity contribution in [1.29, 1.82) is 0 Å². The van der Waals surface area contributed by atoms with E-state index in [9.17, 15) is 4.79 Å². The Morgan fingerprint density at radius 3 is 2.53 bits per heavy atom. The van der Waals surface area contributed by atoms with E-state index in [0.717, 1.165) is 19.3 Å². The van der Waals surface area contributed by atoms with Gasteiger partial charge in [-0.05, 0) is 31.5 Å². The zero-order valence-electron chi connectivity index (χ0n) is 13.0. The van der Waals surface area contributed by atoms with Crippen LogP contribution < -0.4 is 0 Å². The van der Waals surface area contributed by atoms with Gasteiger partial charge in [0, 0.05) is 12.6 Å². The number of hydroxylamine groups is 2. The SMILES string of the molecule is C[C@@H]1ON2C[C@H](O[Si](C)(C)C(C)(C)C)C[C@H]2[C@H]1C=O. The van der Waals surface area contributed by atoms with Crippen LogP contribution in [0.15, 0.2) is 0 Å². The molecule has 0 saturated carbocycles. The number of carbonyl (C=O) groups excluding carboxylic acids is 1. The summed E-state index contributed by atoms with van der Waals surface area (Å²) in [6, 6.07) is 0.210. The van der Waals surface area contributed by atoms with E-state index in [4.69, 9.17) is 9.26 Å². The number of nitrogens with zero attached hydrogens (tertiary/aromatic N) is 1. The standard InChI is InChI=1S/C14H27NO3Si/c1-10-12(9-16)13-7-11(8-15(13)17-10)18-19(5,6)14(2,3)4/h9-13H,7-8H2,1-6H3/t10-,11+,12-,13-/m0/s1. The number of carbonyl (C=O) groups is 1. The quantitative estimate of drug-likeness (QED) is 0.590. The lowest BCUT2D eigenvalue weighted by molar-refractivity contribution is -0.148. The summed E-state index contributed by atoms with van der Waals surface area (Å²) in [5.41, 5.74) is 0. The Balaban J connectivity index is 1.99. The highest BCUT2D eigenvalue weighted by atomic mass is 28.4. The fourth-order valence-corrected chi connectivity index (χ4v) is 4.10. The molecule has 2 aliphatic heterocycles. The maximum Gasteiger partial charge on any atom is 0.192 e. The Labute approximate surface area is 117 Å². The van der Waals surface area contributed by atoms with E-state index in [-0.39, 0.29) is 29.2 Å². The van der Waals surface area contributed by atoms with Gasteiger partial charge in [-0.2, -0.15) is 5.06 Å². The first kappa shape index (κ1) is 15.2. The van der Waals surface area contributed by atoms with Crippen LogP contribution in [0.2, 0.25) is 18.1 Å². The van der Waals surface area contributed by atoms with Gasteiger partial charge in [0.25, 0.3) is 0 Å². The second-order valence-corrected chi connectivity index (χ2v) is 12.2. The molecule has 0 N–H and O–H groups in total. The molecule has 110 valence electrons. The van der Waals surface area contributed by atoms with Gasteiger partial charge in [-0.15, -0.1) is 0 Å². The predicted molar refractivity (Wildman–Crippen MR) is 77.3 cm³/mol. The summed E-state index contributed by atoms with van der Waals surface area (Å²) in [6.45, 7) is 14.1. The van der Waals surface area contributed by atoms with E-state index in [1.165, 1.54) is 0 Å². The molecule has 4 nitrogen and oxygen atoms in total. The van der Waals surface area contributed by atoms with Crippen LogP contribution in [0.3, 0.4) is 0 Å². The average Bonchev–Trinajstić information content (AvgIpc) is 2.71. The van der Waals surface area contributed by atoms with E-state index in [0.29, 0.717) is 0 Å². The van der Waals surface area contributed by atoms with Gasteiger partial charge in [-0.3, -0.25) is 4.84 Å². The monoisotopic (exact) mass is 285 g/mol. The normalized spacial score (nSPS) is 36.5. The summed E-state index contributed by atoms with van der Waals surface area (Å²) < 4.78 is 6.43. The fraction of sp³-hybridized carbons (Fsp3) is 0.929. The van der Waals surface area contributed by atoms with Crippen molar-refractivity contribution in [1.82, 2.24) is 5.06 Å². The smallest absolute Gasteiger partial charge is 0.192 e. The molecule has 0 aromatic carbocycles. The molecule has 0 aromatic rings. The molecule has 0 radical (unpaired) electrons. The number of hydrogen-bond acceptors (Lipinski definition) is 4. The summed E-state index contributed by atoms with van der Waals surface area (Å²) in [5, 5.41) is 2.19. The molecule has 2 rings (SSSR count). The van der Waals surface area contributed by atoms with Crippen molar-refractivity contribution < 1.29 is 14.1 Å². The molecule has 0 aromatic heterocycles. The van der Waals surface area contributed by atoms with Gasteiger partial charge in [-0.25, -0.2) is 0 Å². The highest BCUT2D eigenvalue weighted by Gasteiger charge is 2.49. The molecule has 0 aliphatic carbocycles. The molecule has 0 spiro atoms. The predicted octanol–water partition coefficient (Wildman–Crippen LogP) is 2.60. The fourth-order valence-electron chi connectivity index (χ4n) is 2.74. The Kier molecular flexibility index (Phi) is 3.95. The Morgan fingerprint density at radius 1 is 1.37 bits per heavy atom. The zero-order valence-corrected chi connectivity index (χ0v) is 14.0. The molecule has 19 heavy (non-hydrogen) atoms. The van der Waals surface area contributed by atoms with Gasteiger partial charge in [0.15, 0.2) is 8.32 Å². The highest BCUT2D eigenvalue weighted by molar-refractivity contribution is 6.74. The Bertz CT molecular complexity index is 353. The van der Waals surface area contributed by atoms with Crippen LogP contribution in [0.25, 0.3) is 0 Å². The van der Waals surface area contributed by atoms with Gasteiger partial charge >= 0.3 is 0 Å². The first-order valence-electron chi connectivity index (χ1n) is 7.22. The third-order valence-corrected chi connectivity index (χ3v) is 9.51. The number of aldehydes is 1. The summed E-state index contributed by atoms with van der Waals surface area (Å²) in [4.78, 5) is 16.9. The van der Waals surface area contributed by atoms with Crippen LogP contribution in [0.1, 0.15) is 34.1 Å². The first-order valence-corrected chi connectivity index (χ1v) is 10.1. The van der Waals surface area contributed by atoms with Crippen molar-refractivity contribution in [3.63, 3.8) is 0 Å². The first-order chi connectivity index (χ1) is 8.65. The van der Waals surface area contributed by atoms with Gasteiger partial charge in [0.05, 0.1) is 18.1 Å². The molecule has 2 aliphatic rings. The van der Waals surface area contributed by atoms with Gasteiger partial charge in [-0.1, -0.05) is 20.8 Å². The molecule has 0 bridgehead atoms. The lowest BCUT2D eigenvalue weighted by atomic mass is 9.96. The second-order valence-electron chi connectivity index (χ2n) is 7.43. The third kappa shape index (κ3) is 2.79. The Hall–Kier alpha value is -0.233. The molecule has 2 saturated heterocycles. The minimum Gasteiger partial charge on any atom is -0.412 e. The summed E-state index contributed by atoms with van der Waals surface area (Å²) in [6.07, 6.45) is 2.18. The number of fused-ring (bicyclic) bond motifs is 1. The van der Waals surface area contributed by atoms with E-state index >= 15 is 0 Å². The van der Waals surface area contributed by atoms with Crippen LogP contribution in [-0.2, 0) is 14.1 Å². The lowest BCUT2D eigenvalue weighted by Crippen LogP contribution is -2.44. The molecule has 2 heterocycles. The van der Waals surface area contributed by atoms with Crippen molar-refractivity contribution in [2.45, 2.75) is 70.5 Å². The average molecular weight is 285 g/mol. The molecule has 2 fully saturated rings. The second kappa shape index (κ2) is 4.95. The third-order valence-electron chi connectivity index (χ3n) is 4.97. The minimum absolute atomic E-state index is 0.00647. The van der Waals surface area contributed by atoms with Crippen LogP contribution >= 0.6 is 0 Å². The van der Waals surface area contributed by atoms with Crippen LogP contribution in [0.4, 0.5) is 0 Å². The van der Waals surface area contributed by atoms with Crippen molar-refractivity contribution in [2.24, 2.45) is 5.92 Å². The van der Waals surface area contributed by atoms with Crippen molar-refractivity contribution in [2.75, 3.05) is 6.54 Å². The Morgan fingerprint density at radius 2 is 2.00 bits per heavy atom. The largest absolute Gasteiger partial charge is 0.412 e.